The number of amides is 1. The molecule has 11 nitrogen and oxygen atoms in total. The van der Waals surface area contributed by atoms with Gasteiger partial charge in [0.15, 0.2) is 5.58 Å². The van der Waals surface area contributed by atoms with Crippen LogP contribution >= 0.6 is 11.3 Å². The second-order valence-corrected chi connectivity index (χ2v) is 12.6. The minimum absolute atomic E-state index is 0.0168. The molecule has 2 aromatic heterocycles. The number of anilines is 1. The number of alkyl carbamates (subject to hydrolysis) is 1. The molecule has 1 amide bonds. The van der Waals surface area contributed by atoms with E-state index in [1.54, 1.807) is 24.8 Å². The fourth-order valence-electron chi connectivity index (χ4n) is 4.13. The molecule has 4 rings (SSSR count). The van der Waals surface area contributed by atoms with Crippen LogP contribution in [0.3, 0.4) is 0 Å². The summed E-state index contributed by atoms with van der Waals surface area (Å²) in [7, 11) is -2.38. The zero-order valence-electron chi connectivity index (χ0n) is 22.5. The van der Waals surface area contributed by atoms with Gasteiger partial charge < -0.3 is 24.9 Å². The summed E-state index contributed by atoms with van der Waals surface area (Å²) in [5, 5.41) is 16.9. The van der Waals surface area contributed by atoms with Gasteiger partial charge in [-0.05, 0) is 30.0 Å². The number of hydrogen-bond acceptors (Lipinski definition) is 10. The van der Waals surface area contributed by atoms with Crippen LogP contribution in [0, 0.1) is 5.92 Å². The van der Waals surface area contributed by atoms with Crippen LogP contribution in [-0.2, 0) is 27.8 Å². The van der Waals surface area contributed by atoms with Gasteiger partial charge in [0.25, 0.3) is 6.01 Å². The van der Waals surface area contributed by atoms with Crippen LogP contribution in [0.25, 0.3) is 11.1 Å². The van der Waals surface area contributed by atoms with Crippen molar-refractivity contribution in [1.82, 2.24) is 19.6 Å². The van der Waals surface area contributed by atoms with Gasteiger partial charge in [-0.3, -0.25) is 4.98 Å². The smallest absolute Gasteiger partial charge is 0.407 e. The number of aliphatic hydroxyl groups is 1. The quantitative estimate of drug-likeness (QED) is 0.212. The first kappa shape index (κ1) is 29.5. The first-order valence-electron chi connectivity index (χ1n) is 12.8. The summed E-state index contributed by atoms with van der Waals surface area (Å²) in [6.45, 7) is 3.74. The lowest BCUT2D eigenvalue weighted by molar-refractivity contribution is 0.0876. The normalized spacial score (nSPS) is 13.4. The van der Waals surface area contributed by atoms with Gasteiger partial charge in [0.1, 0.15) is 12.1 Å². The van der Waals surface area contributed by atoms with E-state index in [0.717, 1.165) is 10.4 Å². The maximum Gasteiger partial charge on any atom is 0.407 e. The molecule has 0 saturated carbocycles. The second kappa shape index (κ2) is 13.2. The Morgan fingerprint density at radius 3 is 2.62 bits per heavy atom. The van der Waals surface area contributed by atoms with Gasteiger partial charge in [-0.15, -0.1) is 11.3 Å². The summed E-state index contributed by atoms with van der Waals surface area (Å²) in [6, 6.07) is 13.3. The average Bonchev–Trinajstić information content (AvgIpc) is 3.60. The largest absolute Gasteiger partial charge is 0.444 e. The van der Waals surface area contributed by atoms with E-state index >= 15 is 0 Å². The lowest BCUT2D eigenvalue weighted by Gasteiger charge is -2.30. The van der Waals surface area contributed by atoms with Gasteiger partial charge >= 0.3 is 6.09 Å². The molecule has 0 aliphatic carbocycles. The molecule has 13 heteroatoms. The maximum absolute atomic E-state index is 13.8. The number of nitrogens with zero attached hydrogens (tertiary/aromatic N) is 3. The summed E-state index contributed by atoms with van der Waals surface area (Å²) >= 11 is 1.36. The third-order valence-corrected chi connectivity index (χ3v) is 8.65. The number of fused-ring (bicyclic) bond motifs is 1. The Balaban J connectivity index is 1.55. The highest BCUT2D eigenvalue weighted by atomic mass is 32.2. The number of ether oxygens (including phenoxy) is 1. The number of carbonyl (C=O) groups excluding carboxylic acids is 1. The van der Waals surface area contributed by atoms with Crippen molar-refractivity contribution in [2.75, 3.05) is 25.5 Å². The molecule has 0 bridgehead atoms. The number of aromatic nitrogens is 2. The van der Waals surface area contributed by atoms with Gasteiger partial charge in [0.2, 0.25) is 10.0 Å². The number of oxazole rings is 1. The van der Waals surface area contributed by atoms with Crippen molar-refractivity contribution in [2.45, 2.75) is 43.9 Å². The van der Waals surface area contributed by atoms with Crippen LogP contribution in [0.15, 0.2) is 69.6 Å². The van der Waals surface area contributed by atoms with E-state index in [4.69, 9.17) is 9.15 Å². The lowest BCUT2D eigenvalue weighted by atomic mass is 10.0. The summed E-state index contributed by atoms with van der Waals surface area (Å²) in [4.78, 5) is 21.7. The summed E-state index contributed by atoms with van der Waals surface area (Å²) < 4.78 is 39.7. The molecular formula is C27H33N5O6S2. The van der Waals surface area contributed by atoms with Gasteiger partial charge in [0.05, 0.1) is 27.4 Å². The molecule has 0 aliphatic rings. The Labute approximate surface area is 237 Å². The molecule has 214 valence electrons. The van der Waals surface area contributed by atoms with E-state index in [1.807, 2.05) is 44.2 Å². The Bertz CT molecular complexity index is 1490. The maximum atomic E-state index is 13.8. The molecule has 0 radical (unpaired) electrons. The number of aliphatic hydroxyl groups excluding tert-OH is 1. The van der Waals surface area contributed by atoms with E-state index in [0.29, 0.717) is 11.1 Å². The molecule has 2 heterocycles. The zero-order valence-corrected chi connectivity index (χ0v) is 24.1. The van der Waals surface area contributed by atoms with E-state index in [9.17, 15) is 18.3 Å². The Morgan fingerprint density at radius 2 is 1.95 bits per heavy atom. The topological polar surface area (TPSA) is 147 Å². The van der Waals surface area contributed by atoms with Gasteiger partial charge in [-0.1, -0.05) is 44.2 Å². The fraction of sp³-hybridized carbons (Fsp3) is 0.370. The van der Waals surface area contributed by atoms with Crippen LogP contribution in [-0.4, -0.2) is 66.2 Å². The number of benzene rings is 2. The molecule has 2 atom stereocenters. The van der Waals surface area contributed by atoms with Gasteiger partial charge in [0, 0.05) is 32.4 Å². The van der Waals surface area contributed by atoms with Gasteiger partial charge in [-0.2, -0.15) is 9.29 Å². The Kier molecular flexibility index (Phi) is 9.74. The summed E-state index contributed by atoms with van der Waals surface area (Å²) in [6.07, 6.45) is -0.0832. The summed E-state index contributed by atoms with van der Waals surface area (Å²) in [5.41, 5.74) is 3.34. The molecule has 4 aromatic rings. The SMILES string of the molecule is CNc1nc2ccc(S(=O)(=O)N(CC(C)C)C[C@@H](O)[C@H](Cc3ccccc3)NC(=O)OCc3cncs3)cc2o1. The highest BCUT2D eigenvalue weighted by Crippen LogP contribution is 2.25. The standard InChI is InChI=1S/C27H33N5O6S2/c1-18(2)14-32(40(35,36)21-9-10-22-25(12-21)38-26(28-3)30-22)15-24(33)23(11-19-7-5-4-6-8-19)31-27(34)37-16-20-13-29-17-39-20/h4-10,12-13,17-18,23-24,33H,11,14-16H2,1-3H3,(H,28,30)(H,31,34)/t23-,24+/m0/s1. The third-order valence-electron chi connectivity index (χ3n) is 6.07. The van der Waals surface area contributed by atoms with Crippen LogP contribution in [0.1, 0.15) is 24.3 Å². The fourth-order valence-corrected chi connectivity index (χ4v) is 6.27. The first-order chi connectivity index (χ1) is 19.2. The van der Waals surface area contributed by atoms with Crippen molar-refractivity contribution in [2.24, 2.45) is 5.92 Å². The highest BCUT2D eigenvalue weighted by Gasteiger charge is 2.32. The molecule has 0 saturated heterocycles. The number of nitrogens with one attached hydrogen (secondary N) is 2. The number of hydrogen-bond donors (Lipinski definition) is 3. The van der Waals surface area contributed by atoms with E-state index in [-0.39, 0.29) is 42.9 Å². The number of rotatable bonds is 13. The predicted octanol–water partition coefficient (Wildman–Crippen LogP) is 3.87. The minimum Gasteiger partial charge on any atom is -0.444 e. The van der Waals surface area contributed by atoms with Crippen molar-refractivity contribution in [3.05, 3.63) is 70.7 Å². The number of sulfonamides is 1. The molecule has 0 unspecified atom stereocenters. The molecule has 2 aromatic carbocycles. The van der Waals surface area contributed by atoms with Crippen molar-refractivity contribution >= 4 is 44.6 Å². The zero-order chi connectivity index (χ0) is 28.7. The third kappa shape index (κ3) is 7.56. The molecule has 0 spiro atoms. The average molecular weight is 588 g/mol. The minimum atomic E-state index is -4.04. The Hall–Kier alpha value is -3.52. The highest BCUT2D eigenvalue weighted by molar-refractivity contribution is 7.89. The van der Waals surface area contributed by atoms with E-state index in [2.05, 4.69) is 20.6 Å². The first-order valence-corrected chi connectivity index (χ1v) is 15.1. The number of thiazole rings is 1. The Morgan fingerprint density at radius 1 is 1.18 bits per heavy atom. The van der Waals surface area contributed by atoms with Crippen molar-refractivity contribution in [1.29, 1.82) is 0 Å². The van der Waals surface area contributed by atoms with Crippen molar-refractivity contribution in [3.63, 3.8) is 0 Å². The molecule has 0 aliphatic heterocycles. The summed E-state index contributed by atoms with van der Waals surface area (Å²) in [5.74, 6) is -0.0308. The lowest BCUT2D eigenvalue weighted by Crippen LogP contribution is -2.51. The van der Waals surface area contributed by atoms with Crippen LogP contribution in [0.5, 0.6) is 0 Å². The monoisotopic (exact) mass is 587 g/mol. The van der Waals surface area contributed by atoms with Crippen LogP contribution < -0.4 is 10.6 Å². The second-order valence-electron chi connectivity index (χ2n) is 9.67. The van der Waals surface area contributed by atoms with E-state index in [1.165, 1.54) is 27.8 Å². The molecule has 40 heavy (non-hydrogen) atoms. The van der Waals surface area contributed by atoms with Crippen LogP contribution in [0.4, 0.5) is 10.8 Å². The molecule has 0 fully saturated rings. The van der Waals surface area contributed by atoms with Crippen molar-refractivity contribution < 1.29 is 27.5 Å². The van der Waals surface area contributed by atoms with Crippen molar-refractivity contribution in [3.8, 4) is 0 Å². The van der Waals surface area contributed by atoms with E-state index < -0.39 is 28.3 Å². The predicted molar refractivity (Wildman–Crippen MR) is 153 cm³/mol. The molecule has 3 N–H and O–H groups in total. The number of carbonyl (C=O) groups is 1. The molecular weight excluding hydrogens is 554 g/mol. The van der Waals surface area contributed by atoms with Crippen LogP contribution in [0.2, 0.25) is 0 Å². The van der Waals surface area contributed by atoms with Gasteiger partial charge in [-0.25, -0.2) is 13.2 Å².